The van der Waals surface area contributed by atoms with Crippen LogP contribution in [-0.4, -0.2) is 27.4 Å². The third-order valence-corrected chi connectivity index (χ3v) is 3.57. The summed E-state index contributed by atoms with van der Waals surface area (Å²) in [7, 11) is 1.81. The van der Waals surface area contributed by atoms with Gasteiger partial charge < -0.3 is 10.4 Å². The smallest absolute Gasteiger partial charge is 0.220 e. The van der Waals surface area contributed by atoms with Crippen LogP contribution in [0.1, 0.15) is 23.6 Å². The van der Waals surface area contributed by atoms with Crippen molar-refractivity contribution < 1.29 is 14.3 Å². The van der Waals surface area contributed by atoms with Crippen LogP contribution in [0.5, 0.6) is 0 Å². The van der Waals surface area contributed by atoms with E-state index >= 15 is 0 Å². The number of aliphatic hydroxyl groups is 1. The van der Waals surface area contributed by atoms with Gasteiger partial charge in [-0.05, 0) is 29.7 Å². The second-order valence-electron chi connectivity index (χ2n) is 5.00. The van der Waals surface area contributed by atoms with Crippen molar-refractivity contribution in [3.8, 4) is 0 Å². The molecule has 1 aromatic carbocycles. The average Bonchev–Trinajstić information content (AvgIpc) is 2.91. The summed E-state index contributed by atoms with van der Waals surface area (Å²) in [6.07, 6.45) is 4.35. The number of nitrogens with zero attached hydrogens (tertiary/aromatic N) is 2. The second-order valence-corrected chi connectivity index (χ2v) is 5.41. The minimum atomic E-state index is -0.659. The van der Waals surface area contributed by atoms with Crippen molar-refractivity contribution in [3.63, 3.8) is 0 Å². The van der Waals surface area contributed by atoms with Gasteiger partial charge in [-0.2, -0.15) is 5.10 Å². The topological polar surface area (TPSA) is 67.2 Å². The molecule has 0 aliphatic carbocycles. The van der Waals surface area contributed by atoms with Crippen molar-refractivity contribution in [3.05, 3.63) is 52.6 Å². The van der Waals surface area contributed by atoms with Crippen molar-refractivity contribution in [1.29, 1.82) is 0 Å². The fraction of sp³-hybridized carbons (Fsp3) is 0.333. The number of rotatable bonds is 6. The van der Waals surface area contributed by atoms with Gasteiger partial charge in [-0.1, -0.05) is 17.7 Å². The van der Waals surface area contributed by atoms with Gasteiger partial charge in [0.25, 0.3) is 0 Å². The fourth-order valence-corrected chi connectivity index (χ4v) is 2.21. The van der Waals surface area contributed by atoms with E-state index in [2.05, 4.69) is 10.4 Å². The van der Waals surface area contributed by atoms with Crippen molar-refractivity contribution >= 4 is 17.5 Å². The van der Waals surface area contributed by atoms with E-state index in [1.807, 2.05) is 6.20 Å². The standard InChI is InChI=1S/C15H17ClFN3O2/c1-20-8-10(7-18-20)2-5-15(22)19-14(9-21)11-3-4-12(16)13(17)6-11/h3-4,6-8,14,21H,2,5,9H2,1H3,(H,19,22). The molecular weight excluding hydrogens is 309 g/mol. The van der Waals surface area contributed by atoms with Gasteiger partial charge in [0.2, 0.25) is 5.91 Å². The predicted molar refractivity (Wildman–Crippen MR) is 80.9 cm³/mol. The molecule has 0 aliphatic rings. The summed E-state index contributed by atoms with van der Waals surface area (Å²) in [4.78, 5) is 11.9. The molecule has 1 atom stereocenters. The molecule has 5 nitrogen and oxygen atoms in total. The van der Waals surface area contributed by atoms with E-state index in [-0.39, 0.29) is 24.0 Å². The van der Waals surface area contributed by atoms with Gasteiger partial charge in [0.1, 0.15) is 5.82 Å². The van der Waals surface area contributed by atoms with E-state index in [1.165, 1.54) is 12.1 Å². The number of aromatic nitrogens is 2. The van der Waals surface area contributed by atoms with E-state index in [0.717, 1.165) is 5.56 Å². The van der Waals surface area contributed by atoms with Crippen molar-refractivity contribution in [1.82, 2.24) is 15.1 Å². The lowest BCUT2D eigenvalue weighted by Crippen LogP contribution is -2.31. The number of hydrogen-bond donors (Lipinski definition) is 2. The van der Waals surface area contributed by atoms with Gasteiger partial charge in [-0.15, -0.1) is 0 Å². The van der Waals surface area contributed by atoms with Crippen LogP contribution in [0.15, 0.2) is 30.6 Å². The highest BCUT2D eigenvalue weighted by molar-refractivity contribution is 6.30. The summed E-state index contributed by atoms with van der Waals surface area (Å²) in [5.74, 6) is -0.805. The Morgan fingerprint density at radius 3 is 2.91 bits per heavy atom. The number of amides is 1. The van der Waals surface area contributed by atoms with Crippen molar-refractivity contribution in [2.45, 2.75) is 18.9 Å². The lowest BCUT2D eigenvalue weighted by Gasteiger charge is -2.17. The summed E-state index contributed by atoms with van der Waals surface area (Å²) < 4.78 is 15.1. The van der Waals surface area contributed by atoms with Crippen LogP contribution < -0.4 is 5.32 Å². The third kappa shape index (κ3) is 4.29. The highest BCUT2D eigenvalue weighted by Crippen LogP contribution is 2.20. The Hall–Kier alpha value is -1.92. The van der Waals surface area contributed by atoms with Crippen LogP contribution in [0, 0.1) is 5.82 Å². The number of halogens is 2. The van der Waals surface area contributed by atoms with E-state index < -0.39 is 11.9 Å². The lowest BCUT2D eigenvalue weighted by atomic mass is 10.1. The van der Waals surface area contributed by atoms with E-state index in [1.54, 1.807) is 24.0 Å². The Balaban J connectivity index is 1.94. The first kappa shape index (κ1) is 16.5. The fourth-order valence-electron chi connectivity index (χ4n) is 2.09. The number of aliphatic hydroxyl groups excluding tert-OH is 1. The zero-order chi connectivity index (χ0) is 16.1. The molecule has 1 amide bonds. The summed E-state index contributed by atoms with van der Waals surface area (Å²) in [6.45, 7) is -0.320. The van der Waals surface area contributed by atoms with E-state index in [9.17, 15) is 14.3 Å². The average molecular weight is 326 g/mol. The van der Waals surface area contributed by atoms with Crippen LogP contribution in [0.4, 0.5) is 4.39 Å². The SMILES string of the molecule is Cn1cc(CCC(=O)NC(CO)c2ccc(Cl)c(F)c2)cn1. The van der Waals surface area contributed by atoms with Gasteiger partial charge in [0.05, 0.1) is 23.9 Å². The molecule has 2 rings (SSSR count). The lowest BCUT2D eigenvalue weighted by molar-refractivity contribution is -0.122. The summed E-state index contributed by atoms with van der Waals surface area (Å²) >= 11 is 5.62. The highest BCUT2D eigenvalue weighted by Gasteiger charge is 2.15. The first-order chi connectivity index (χ1) is 10.5. The van der Waals surface area contributed by atoms with Gasteiger partial charge in [-0.25, -0.2) is 4.39 Å². The number of benzene rings is 1. The zero-order valence-corrected chi connectivity index (χ0v) is 12.8. The maximum absolute atomic E-state index is 13.4. The van der Waals surface area contributed by atoms with E-state index in [0.29, 0.717) is 12.0 Å². The molecule has 7 heteroatoms. The molecule has 1 aromatic heterocycles. The number of carbonyl (C=O) groups is 1. The molecule has 1 unspecified atom stereocenters. The maximum Gasteiger partial charge on any atom is 0.220 e. The first-order valence-electron chi connectivity index (χ1n) is 6.82. The Bertz CT molecular complexity index is 660. The van der Waals surface area contributed by atoms with E-state index in [4.69, 9.17) is 11.6 Å². The Morgan fingerprint density at radius 1 is 1.55 bits per heavy atom. The van der Waals surface area contributed by atoms with Crippen LogP contribution in [-0.2, 0) is 18.3 Å². The predicted octanol–water partition coefficient (Wildman–Crippen LogP) is 1.99. The molecule has 0 fully saturated rings. The molecule has 0 radical (unpaired) electrons. The molecule has 22 heavy (non-hydrogen) atoms. The molecule has 0 bridgehead atoms. The number of carbonyl (C=O) groups excluding carboxylic acids is 1. The first-order valence-corrected chi connectivity index (χ1v) is 7.20. The van der Waals surface area contributed by atoms with Gasteiger partial charge in [0, 0.05) is 19.7 Å². The quantitative estimate of drug-likeness (QED) is 0.853. The minimum absolute atomic E-state index is 0.00310. The van der Waals surface area contributed by atoms with Crippen LogP contribution in [0.25, 0.3) is 0 Å². The largest absolute Gasteiger partial charge is 0.394 e. The molecule has 2 N–H and O–H groups in total. The third-order valence-electron chi connectivity index (χ3n) is 3.26. The molecule has 2 aromatic rings. The van der Waals surface area contributed by atoms with Crippen LogP contribution >= 0.6 is 11.6 Å². The second kappa shape index (κ2) is 7.38. The minimum Gasteiger partial charge on any atom is -0.394 e. The van der Waals surface area contributed by atoms with Crippen molar-refractivity contribution in [2.75, 3.05) is 6.61 Å². The molecular formula is C15H17ClFN3O2. The van der Waals surface area contributed by atoms with Crippen molar-refractivity contribution in [2.24, 2.45) is 7.05 Å². The molecule has 0 spiro atoms. The highest BCUT2D eigenvalue weighted by atomic mass is 35.5. The Morgan fingerprint density at radius 2 is 2.32 bits per heavy atom. The number of aryl methyl sites for hydroxylation is 2. The van der Waals surface area contributed by atoms with Gasteiger partial charge in [-0.3, -0.25) is 9.48 Å². The molecule has 0 saturated carbocycles. The summed E-state index contributed by atoms with van der Waals surface area (Å²) in [5, 5.41) is 16.1. The van der Waals surface area contributed by atoms with Gasteiger partial charge >= 0.3 is 0 Å². The molecule has 118 valence electrons. The number of hydrogen-bond acceptors (Lipinski definition) is 3. The van der Waals surface area contributed by atoms with Gasteiger partial charge in [0.15, 0.2) is 0 Å². The molecule has 0 aliphatic heterocycles. The molecule has 1 heterocycles. The monoisotopic (exact) mass is 325 g/mol. The summed E-state index contributed by atoms with van der Waals surface area (Å²) in [6, 6.07) is 3.53. The van der Waals surface area contributed by atoms with Crippen LogP contribution in [0.2, 0.25) is 5.02 Å². The Labute approximate surface area is 132 Å². The normalized spacial score (nSPS) is 12.2. The number of nitrogens with one attached hydrogen (secondary N) is 1. The Kier molecular flexibility index (Phi) is 5.51. The maximum atomic E-state index is 13.4. The zero-order valence-electron chi connectivity index (χ0n) is 12.1. The summed E-state index contributed by atoms with van der Waals surface area (Å²) in [5.41, 5.74) is 1.43. The molecule has 0 saturated heterocycles. The van der Waals surface area contributed by atoms with Crippen LogP contribution in [0.3, 0.4) is 0 Å².